The molecule has 1 amide bonds. The van der Waals surface area contributed by atoms with Gasteiger partial charge in [-0.15, -0.1) is 0 Å². The van der Waals surface area contributed by atoms with Crippen molar-refractivity contribution in [2.45, 2.75) is 6.54 Å². The molecular formula is C13H12F2N4O. The molecule has 0 radical (unpaired) electrons. The molecule has 2 aromatic rings. The summed E-state index contributed by atoms with van der Waals surface area (Å²) < 4.78 is 26.1. The summed E-state index contributed by atoms with van der Waals surface area (Å²) in [7, 11) is 1.65. The topological polar surface area (TPSA) is 66.9 Å². The first kappa shape index (κ1) is 13.9. The van der Waals surface area contributed by atoms with Gasteiger partial charge in [0.05, 0.1) is 12.4 Å². The Bertz CT molecular complexity index is 634. The van der Waals surface area contributed by atoms with Crippen molar-refractivity contribution < 1.29 is 13.6 Å². The van der Waals surface area contributed by atoms with Crippen LogP contribution in [-0.2, 0) is 6.54 Å². The lowest BCUT2D eigenvalue weighted by molar-refractivity contribution is 0.0945. The average molecular weight is 278 g/mol. The van der Waals surface area contributed by atoms with Crippen molar-refractivity contribution in [1.82, 2.24) is 15.3 Å². The van der Waals surface area contributed by atoms with Crippen LogP contribution in [0.25, 0.3) is 0 Å². The second-order valence-electron chi connectivity index (χ2n) is 3.96. The molecule has 2 rings (SSSR count). The third-order valence-electron chi connectivity index (χ3n) is 2.58. The number of aromatic nitrogens is 2. The van der Waals surface area contributed by atoms with Gasteiger partial charge in [-0.25, -0.2) is 13.8 Å². The largest absolute Gasteiger partial charge is 0.372 e. The summed E-state index contributed by atoms with van der Waals surface area (Å²) in [6.07, 6.45) is 2.77. The molecule has 0 aliphatic rings. The fourth-order valence-corrected chi connectivity index (χ4v) is 1.53. The van der Waals surface area contributed by atoms with Crippen molar-refractivity contribution >= 4 is 11.7 Å². The van der Waals surface area contributed by atoms with Gasteiger partial charge in [0.15, 0.2) is 0 Å². The Morgan fingerprint density at radius 2 is 2.10 bits per heavy atom. The second kappa shape index (κ2) is 6.05. The highest BCUT2D eigenvalue weighted by Gasteiger charge is 2.10. The minimum absolute atomic E-state index is 0.0591. The number of halogens is 2. The van der Waals surface area contributed by atoms with Crippen molar-refractivity contribution in [1.29, 1.82) is 0 Å². The number of amides is 1. The molecular weight excluding hydrogens is 266 g/mol. The first-order chi connectivity index (χ1) is 9.60. The van der Waals surface area contributed by atoms with E-state index in [4.69, 9.17) is 0 Å². The first-order valence-electron chi connectivity index (χ1n) is 5.82. The van der Waals surface area contributed by atoms with Crippen LogP contribution in [0.4, 0.5) is 14.6 Å². The Morgan fingerprint density at radius 3 is 2.80 bits per heavy atom. The highest BCUT2D eigenvalue weighted by atomic mass is 19.1. The quantitative estimate of drug-likeness (QED) is 0.893. The lowest BCUT2D eigenvalue weighted by Gasteiger charge is -2.06. The molecule has 0 saturated heterocycles. The SMILES string of the molecule is CNc1cncc(C(=O)NCc2ccc(F)cc2F)n1. The summed E-state index contributed by atoms with van der Waals surface area (Å²) in [4.78, 5) is 19.7. The van der Waals surface area contributed by atoms with Crippen molar-refractivity contribution in [3.05, 3.63) is 53.5 Å². The number of benzene rings is 1. The summed E-state index contributed by atoms with van der Waals surface area (Å²) in [5, 5.41) is 5.25. The number of carbonyl (C=O) groups excluding carboxylic acids is 1. The van der Waals surface area contributed by atoms with Crippen LogP contribution in [0, 0.1) is 11.6 Å². The molecule has 1 heterocycles. The Balaban J connectivity index is 2.04. The molecule has 5 nitrogen and oxygen atoms in total. The van der Waals surface area contributed by atoms with Gasteiger partial charge < -0.3 is 10.6 Å². The first-order valence-corrected chi connectivity index (χ1v) is 5.82. The van der Waals surface area contributed by atoms with Gasteiger partial charge in [0.1, 0.15) is 23.1 Å². The zero-order valence-electron chi connectivity index (χ0n) is 10.7. The number of hydrogen-bond acceptors (Lipinski definition) is 4. The van der Waals surface area contributed by atoms with Crippen molar-refractivity contribution in [3.8, 4) is 0 Å². The van der Waals surface area contributed by atoms with Crippen molar-refractivity contribution in [3.63, 3.8) is 0 Å². The number of rotatable bonds is 4. The third kappa shape index (κ3) is 3.25. The molecule has 0 aliphatic heterocycles. The van der Waals surface area contributed by atoms with E-state index in [1.165, 1.54) is 18.5 Å². The highest BCUT2D eigenvalue weighted by Crippen LogP contribution is 2.09. The maximum atomic E-state index is 13.4. The molecule has 0 fully saturated rings. The molecule has 0 unspecified atom stereocenters. The fraction of sp³-hybridized carbons (Fsp3) is 0.154. The van der Waals surface area contributed by atoms with E-state index < -0.39 is 17.5 Å². The van der Waals surface area contributed by atoms with E-state index in [9.17, 15) is 13.6 Å². The zero-order valence-corrected chi connectivity index (χ0v) is 10.7. The number of nitrogens with zero attached hydrogens (tertiary/aromatic N) is 2. The molecule has 7 heteroatoms. The van der Waals surface area contributed by atoms with E-state index in [2.05, 4.69) is 20.6 Å². The number of anilines is 1. The van der Waals surface area contributed by atoms with E-state index in [1.807, 2.05) is 0 Å². The monoisotopic (exact) mass is 278 g/mol. The van der Waals surface area contributed by atoms with Gasteiger partial charge in [0.2, 0.25) is 0 Å². The lowest BCUT2D eigenvalue weighted by Crippen LogP contribution is -2.24. The van der Waals surface area contributed by atoms with Gasteiger partial charge in [-0.05, 0) is 6.07 Å². The average Bonchev–Trinajstić information content (AvgIpc) is 2.46. The summed E-state index contributed by atoms with van der Waals surface area (Å²) in [6, 6.07) is 3.18. The second-order valence-corrected chi connectivity index (χ2v) is 3.96. The van der Waals surface area contributed by atoms with Crippen LogP contribution in [0.5, 0.6) is 0 Å². The van der Waals surface area contributed by atoms with E-state index in [0.717, 1.165) is 12.1 Å². The molecule has 1 aromatic heterocycles. The third-order valence-corrected chi connectivity index (χ3v) is 2.58. The molecule has 0 atom stereocenters. The Hall–Kier alpha value is -2.57. The summed E-state index contributed by atoms with van der Waals surface area (Å²) in [5.41, 5.74) is 0.303. The molecule has 0 saturated carbocycles. The zero-order chi connectivity index (χ0) is 14.5. The number of nitrogens with one attached hydrogen (secondary N) is 2. The highest BCUT2D eigenvalue weighted by molar-refractivity contribution is 5.92. The van der Waals surface area contributed by atoms with E-state index in [1.54, 1.807) is 7.05 Å². The van der Waals surface area contributed by atoms with Gasteiger partial charge in [-0.1, -0.05) is 6.07 Å². The lowest BCUT2D eigenvalue weighted by atomic mass is 10.2. The van der Waals surface area contributed by atoms with Crippen LogP contribution in [0.3, 0.4) is 0 Å². The van der Waals surface area contributed by atoms with Crippen molar-refractivity contribution in [2.75, 3.05) is 12.4 Å². The predicted molar refractivity (Wildman–Crippen MR) is 69.1 cm³/mol. The van der Waals surface area contributed by atoms with Crippen LogP contribution < -0.4 is 10.6 Å². The Kier molecular flexibility index (Phi) is 4.19. The van der Waals surface area contributed by atoms with E-state index in [-0.39, 0.29) is 17.8 Å². The minimum Gasteiger partial charge on any atom is -0.372 e. The smallest absolute Gasteiger partial charge is 0.271 e. The maximum absolute atomic E-state index is 13.4. The van der Waals surface area contributed by atoms with E-state index >= 15 is 0 Å². The van der Waals surface area contributed by atoms with Gasteiger partial charge in [-0.2, -0.15) is 0 Å². The van der Waals surface area contributed by atoms with Crippen LogP contribution in [-0.4, -0.2) is 22.9 Å². The van der Waals surface area contributed by atoms with Crippen LogP contribution >= 0.6 is 0 Å². The Labute approximate surface area is 114 Å². The summed E-state index contributed by atoms with van der Waals surface area (Å²) in [6.45, 7) is -0.0591. The summed E-state index contributed by atoms with van der Waals surface area (Å²) >= 11 is 0. The Morgan fingerprint density at radius 1 is 1.30 bits per heavy atom. The maximum Gasteiger partial charge on any atom is 0.271 e. The molecule has 0 aliphatic carbocycles. The molecule has 20 heavy (non-hydrogen) atoms. The molecule has 0 bridgehead atoms. The molecule has 0 spiro atoms. The van der Waals surface area contributed by atoms with Crippen LogP contribution in [0.2, 0.25) is 0 Å². The normalized spacial score (nSPS) is 10.2. The van der Waals surface area contributed by atoms with Gasteiger partial charge in [0.25, 0.3) is 5.91 Å². The van der Waals surface area contributed by atoms with Gasteiger partial charge >= 0.3 is 0 Å². The molecule has 104 valence electrons. The van der Waals surface area contributed by atoms with Crippen LogP contribution in [0.15, 0.2) is 30.6 Å². The van der Waals surface area contributed by atoms with E-state index in [0.29, 0.717) is 5.82 Å². The van der Waals surface area contributed by atoms with Crippen LogP contribution in [0.1, 0.15) is 16.1 Å². The predicted octanol–water partition coefficient (Wildman–Crippen LogP) is 1.73. The fourth-order valence-electron chi connectivity index (χ4n) is 1.53. The summed E-state index contributed by atoms with van der Waals surface area (Å²) in [5.74, 6) is -1.41. The molecule has 2 N–H and O–H groups in total. The number of hydrogen-bond donors (Lipinski definition) is 2. The van der Waals surface area contributed by atoms with Crippen molar-refractivity contribution in [2.24, 2.45) is 0 Å². The van der Waals surface area contributed by atoms with Gasteiger partial charge in [-0.3, -0.25) is 9.78 Å². The molecule has 1 aromatic carbocycles. The number of carbonyl (C=O) groups is 1. The minimum atomic E-state index is -0.708. The standard InChI is InChI=1S/C13H12F2N4O/c1-16-12-7-17-6-11(19-12)13(20)18-5-8-2-3-9(14)4-10(8)15/h2-4,6-7H,5H2,1H3,(H,16,19)(H,18,20). The van der Waals surface area contributed by atoms with Gasteiger partial charge in [0, 0.05) is 25.2 Å².